The van der Waals surface area contributed by atoms with Crippen molar-refractivity contribution < 1.29 is 13.9 Å². The van der Waals surface area contributed by atoms with Crippen LogP contribution in [0.5, 0.6) is 0 Å². The highest BCUT2D eigenvalue weighted by Gasteiger charge is 2.07. The molecule has 0 amide bonds. The van der Waals surface area contributed by atoms with Gasteiger partial charge in [0.2, 0.25) is 0 Å². The molecule has 102 valence electrons. The van der Waals surface area contributed by atoms with Gasteiger partial charge in [-0.3, -0.25) is 0 Å². The van der Waals surface area contributed by atoms with Gasteiger partial charge in [0.1, 0.15) is 5.82 Å². The standard InChI is InChI=1S/C13H19ClFNO2/c1-3-17-13(18-4-2)7-8-16-10-5-6-11(14)12(15)9-10/h5-6,9,13,16H,3-4,7-8H2,1-2H3. The van der Waals surface area contributed by atoms with Crippen molar-refractivity contribution in [2.24, 2.45) is 0 Å². The minimum Gasteiger partial charge on any atom is -0.385 e. The summed E-state index contributed by atoms with van der Waals surface area (Å²) in [6.07, 6.45) is 0.482. The molecular formula is C13H19ClFNO2. The molecule has 0 unspecified atom stereocenters. The molecule has 1 N–H and O–H groups in total. The highest BCUT2D eigenvalue weighted by atomic mass is 35.5. The first-order valence-corrected chi connectivity index (χ1v) is 6.47. The summed E-state index contributed by atoms with van der Waals surface area (Å²) < 4.78 is 24.0. The molecular weight excluding hydrogens is 257 g/mol. The van der Waals surface area contributed by atoms with Gasteiger partial charge in [0.05, 0.1) is 5.02 Å². The van der Waals surface area contributed by atoms with Crippen LogP contribution >= 0.6 is 11.6 Å². The number of ether oxygens (including phenoxy) is 2. The molecule has 0 spiro atoms. The van der Waals surface area contributed by atoms with E-state index in [0.717, 1.165) is 0 Å². The minimum absolute atomic E-state index is 0.127. The van der Waals surface area contributed by atoms with Gasteiger partial charge in [0.15, 0.2) is 6.29 Å². The average molecular weight is 276 g/mol. The molecule has 0 fully saturated rings. The van der Waals surface area contributed by atoms with Crippen LogP contribution in [0.2, 0.25) is 5.02 Å². The Bertz CT molecular complexity index is 357. The van der Waals surface area contributed by atoms with Gasteiger partial charge in [-0.05, 0) is 32.0 Å². The largest absolute Gasteiger partial charge is 0.385 e. The third-order valence-electron chi connectivity index (χ3n) is 2.33. The molecule has 1 aromatic carbocycles. The van der Waals surface area contributed by atoms with E-state index in [1.54, 1.807) is 6.07 Å². The van der Waals surface area contributed by atoms with E-state index in [9.17, 15) is 4.39 Å². The minimum atomic E-state index is -0.423. The summed E-state index contributed by atoms with van der Waals surface area (Å²) in [5, 5.41) is 3.23. The van der Waals surface area contributed by atoms with E-state index in [1.807, 2.05) is 13.8 Å². The molecule has 0 atom stereocenters. The molecule has 0 aliphatic rings. The zero-order valence-corrected chi connectivity index (χ0v) is 11.5. The van der Waals surface area contributed by atoms with E-state index in [-0.39, 0.29) is 11.3 Å². The molecule has 0 aliphatic heterocycles. The van der Waals surface area contributed by atoms with Crippen LogP contribution in [-0.4, -0.2) is 26.0 Å². The fraction of sp³-hybridized carbons (Fsp3) is 0.538. The zero-order valence-electron chi connectivity index (χ0n) is 10.7. The van der Waals surface area contributed by atoms with Gasteiger partial charge in [-0.15, -0.1) is 0 Å². The maximum atomic E-state index is 13.2. The lowest BCUT2D eigenvalue weighted by Crippen LogP contribution is -2.21. The van der Waals surface area contributed by atoms with Crippen LogP contribution in [0.25, 0.3) is 0 Å². The molecule has 3 nitrogen and oxygen atoms in total. The number of halogens is 2. The average Bonchev–Trinajstić information content (AvgIpc) is 2.34. The zero-order chi connectivity index (χ0) is 13.4. The van der Waals surface area contributed by atoms with Crippen LogP contribution in [0, 0.1) is 5.82 Å². The van der Waals surface area contributed by atoms with Crippen molar-refractivity contribution in [2.75, 3.05) is 25.1 Å². The Morgan fingerprint density at radius 1 is 1.28 bits per heavy atom. The first-order chi connectivity index (χ1) is 8.67. The molecule has 18 heavy (non-hydrogen) atoms. The summed E-state index contributed by atoms with van der Waals surface area (Å²) in [5.74, 6) is -0.423. The van der Waals surface area contributed by atoms with E-state index in [4.69, 9.17) is 21.1 Å². The van der Waals surface area contributed by atoms with Gasteiger partial charge in [0.25, 0.3) is 0 Å². The second kappa shape index (κ2) is 8.29. The van der Waals surface area contributed by atoms with Crippen molar-refractivity contribution in [3.05, 3.63) is 29.0 Å². The normalized spacial score (nSPS) is 10.9. The smallest absolute Gasteiger partial charge is 0.159 e. The van der Waals surface area contributed by atoms with Crippen LogP contribution in [0.3, 0.4) is 0 Å². The fourth-order valence-electron chi connectivity index (χ4n) is 1.53. The number of benzene rings is 1. The van der Waals surface area contributed by atoms with Crippen molar-refractivity contribution in [1.82, 2.24) is 0 Å². The van der Waals surface area contributed by atoms with Gasteiger partial charge >= 0.3 is 0 Å². The monoisotopic (exact) mass is 275 g/mol. The first-order valence-electron chi connectivity index (χ1n) is 6.09. The lowest BCUT2D eigenvalue weighted by molar-refractivity contribution is -0.137. The van der Waals surface area contributed by atoms with Crippen molar-refractivity contribution in [1.29, 1.82) is 0 Å². The lowest BCUT2D eigenvalue weighted by atomic mass is 10.3. The predicted octanol–water partition coefficient (Wildman–Crippen LogP) is 3.68. The first kappa shape index (κ1) is 15.2. The molecule has 0 aromatic heterocycles. The molecule has 0 radical (unpaired) electrons. The number of hydrogen-bond donors (Lipinski definition) is 1. The van der Waals surface area contributed by atoms with E-state index >= 15 is 0 Å². The Hall–Kier alpha value is -0.840. The Morgan fingerprint density at radius 3 is 2.50 bits per heavy atom. The molecule has 0 heterocycles. The van der Waals surface area contributed by atoms with Gasteiger partial charge < -0.3 is 14.8 Å². The van der Waals surface area contributed by atoms with Crippen LogP contribution < -0.4 is 5.32 Å². The summed E-state index contributed by atoms with van der Waals surface area (Å²) in [6, 6.07) is 4.64. The van der Waals surface area contributed by atoms with Crippen LogP contribution in [0.4, 0.5) is 10.1 Å². The van der Waals surface area contributed by atoms with Crippen molar-refractivity contribution in [2.45, 2.75) is 26.6 Å². The molecule has 0 saturated carbocycles. The number of anilines is 1. The number of hydrogen-bond acceptors (Lipinski definition) is 3. The molecule has 0 bridgehead atoms. The van der Waals surface area contributed by atoms with E-state index in [2.05, 4.69) is 5.32 Å². The van der Waals surface area contributed by atoms with Crippen LogP contribution in [0.15, 0.2) is 18.2 Å². The summed E-state index contributed by atoms with van der Waals surface area (Å²) in [6.45, 7) is 5.72. The maximum Gasteiger partial charge on any atom is 0.159 e. The molecule has 1 aromatic rings. The molecule has 0 aliphatic carbocycles. The Kier molecular flexibility index (Phi) is 7.01. The van der Waals surface area contributed by atoms with Crippen LogP contribution in [0.1, 0.15) is 20.3 Å². The second-order valence-electron chi connectivity index (χ2n) is 3.68. The Balaban J connectivity index is 2.37. The summed E-state index contributed by atoms with van der Waals surface area (Å²) in [5.41, 5.74) is 0.698. The summed E-state index contributed by atoms with van der Waals surface area (Å²) >= 11 is 5.60. The van der Waals surface area contributed by atoms with E-state index in [0.29, 0.717) is 31.9 Å². The quantitative estimate of drug-likeness (QED) is 0.734. The highest BCUT2D eigenvalue weighted by Crippen LogP contribution is 2.18. The van der Waals surface area contributed by atoms with E-state index < -0.39 is 5.82 Å². The van der Waals surface area contributed by atoms with Gasteiger partial charge in [0, 0.05) is 31.9 Å². The van der Waals surface area contributed by atoms with Crippen molar-refractivity contribution >= 4 is 17.3 Å². The fourth-order valence-corrected chi connectivity index (χ4v) is 1.64. The van der Waals surface area contributed by atoms with Gasteiger partial charge in [-0.1, -0.05) is 11.6 Å². The second-order valence-corrected chi connectivity index (χ2v) is 4.09. The number of nitrogens with one attached hydrogen (secondary N) is 1. The third kappa shape index (κ3) is 5.21. The lowest BCUT2D eigenvalue weighted by Gasteiger charge is -2.17. The number of rotatable bonds is 8. The molecule has 0 saturated heterocycles. The SMILES string of the molecule is CCOC(CCNc1ccc(Cl)c(F)c1)OCC. The van der Waals surface area contributed by atoms with Crippen LogP contribution in [-0.2, 0) is 9.47 Å². The highest BCUT2D eigenvalue weighted by molar-refractivity contribution is 6.30. The third-order valence-corrected chi connectivity index (χ3v) is 2.64. The predicted molar refractivity (Wildman–Crippen MR) is 71.6 cm³/mol. The Labute approximate surface area is 112 Å². The van der Waals surface area contributed by atoms with Gasteiger partial charge in [-0.2, -0.15) is 0 Å². The van der Waals surface area contributed by atoms with Crippen molar-refractivity contribution in [3.63, 3.8) is 0 Å². The topological polar surface area (TPSA) is 30.5 Å². The molecule has 1 rings (SSSR count). The van der Waals surface area contributed by atoms with Gasteiger partial charge in [-0.25, -0.2) is 4.39 Å². The maximum absolute atomic E-state index is 13.2. The Morgan fingerprint density at radius 2 is 1.94 bits per heavy atom. The summed E-state index contributed by atoms with van der Waals surface area (Å²) in [7, 11) is 0. The van der Waals surface area contributed by atoms with Crippen molar-refractivity contribution in [3.8, 4) is 0 Å². The molecule has 5 heteroatoms. The summed E-state index contributed by atoms with van der Waals surface area (Å²) in [4.78, 5) is 0. The van der Waals surface area contributed by atoms with E-state index in [1.165, 1.54) is 12.1 Å².